The Bertz CT molecular complexity index is 1300. The molecule has 2 aromatic heterocycles. The number of carbonyl (C=O) groups excluding carboxylic acids is 1. The smallest absolute Gasteiger partial charge is 0.403 e. The topological polar surface area (TPSA) is 131 Å². The third kappa shape index (κ3) is 5.19. The molecule has 11 heteroatoms. The first-order valence-electron chi connectivity index (χ1n) is 9.22. The molecule has 0 aliphatic heterocycles. The van der Waals surface area contributed by atoms with Gasteiger partial charge in [0, 0.05) is 44.6 Å². The summed E-state index contributed by atoms with van der Waals surface area (Å²) < 4.78 is 38.4. The number of hydrogen-bond donors (Lipinski definition) is 2. The highest BCUT2D eigenvalue weighted by atomic mass is 32.2. The lowest BCUT2D eigenvalue weighted by Crippen LogP contribution is -2.26. The molecule has 0 bridgehead atoms. The second kappa shape index (κ2) is 8.74. The van der Waals surface area contributed by atoms with Crippen molar-refractivity contribution in [2.75, 3.05) is 25.9 Å². The highest BCUT2D eigenvalue weighted by Crippen LogP contribution is 2.23. The van der Waals surface area contributed by atoms with Gasteiger partial charge in [-0.15, -0.1) is 0 Å². The number of nitrogens with zero attached hydrogens (tertiary/aromatic N) is 2. The minimum Gasteiger partial charge on any atom is -0.403 e. The fourth-order valence-electron chi connectivity index (χ4n) is 2.85. The number of aromatic nitrogens is 1. The molecule has 0 aliphatic carbocycles. The molecule has 0 saturated heterocycles. The van der Waals surface area contributed by atoms with Crippen molar-refractivity contribution in [1.82, 2.24) is 14.6 Å². The summed E-state index contributed by atoms with van der Waals surface area (Å²) in [6.07, 6.45) is -0.368. The number of aryl methyl sites for hydroxylation is 1. The van der Waals surface area contributed by atoms with Crippen LogP contribution in [-0.2, 0) is 16.6 Å². The highest BCUT2D eigenvalue weighted by molar-refractivity contribution is 7.90. The fraction of sp³-hybridized carbons (Fsp3) is 0.250. The molecule has 2 heterocycles. The zero-order chi connectivity index (χ0) is 22.8. The molecule has 2 N–H and O–H groups in total. The largest absolute Gasteiger partial charge is 0.416 e. The van der Waals surface area contributed by atoms with Crippen LogP contribution in [0.5, 0.6) is 5.88 Å². The van der Waals surface area contributed by atoms with Crippen molar-refractivity contribution in [2.24, 2.45) is 0 Å². The van der Waals surface area contributed by atoms with Gasteiger partial charge in [-0.3, -0.25) is 4.72 Å². The van der Waals surface area contributed by atoms with E-state index in [1.807, 2.05) is 0 Å². The normalized spacial score (nSPS) is 11.4. The Morgan fingerprint density at radius 2 is 1.97 bits per heavy atom. The van der Waals surface area contributed by atoms with E-state index in [9.17, 15) is 18.0 Å². The Morgan fingerprint density at radius 1 is 1.23 bits per heavy atom. The standard InChI is InChI=1S/C20H22N4O6S/c1-12-15-8-9-17(29-20(26)24(3)4)22-18(15)30-19(25)16(12)11-13-6-5-7-14(10-13)23-31(27,28)21-2/h5-10,21,23H,11H2,1-4H3. The van der Waals surface area contributed by atoms with Crippen molar-refractivity contribution in [3.8, 4) is 5.88 Å². The molecular formula is C20H22N4O6S. The predicted molar refractivity (Wildman–Crippen MR) is 116 cm³/mol. The fourth-order valence-corrected chi connectivity index (χ4v) is 3.39. The van der Waals surface area contributed by atoms with E-state index in [1.54, 1.807) is 51.4 Å². The third-order valence-electron chi connectivity index (χ3n) is 4.51. The van der Waals surface area contributed by atoms with Gasteiger partial charge in [-0.2, -0.15) is 13.4 Å². The van der Waals surface area contributed by atoms with E-state index in [2.05, 4.69) is 14.4 Å². The van der Waals surface area contributed by atoms with Crippen LogP contribution in [0.2, 0.25) is 0 Å². The Kier molecular flexibility index (Phi) is 6.27. The molecule has 0 atom stereocenters. The minimum atomic E-state index is -3.65. The Labute approximate surface area is 179 Å². The SMILES string of the molecule is CNS(=O)(=O)Nc1cccc(Cc2c(C)c3ccc(OC(=O)N(C)C)nc3oc2=O)c1. The summed E-state index contributed by atoms with van der Waals surface area (Å²) in [7, 11) is 0.730. The molecule has 0 fully saturated rings. The lowest BCUT2D eigenvalue weighted by atomic mass is 10.0. The number of fused-ring (bicyclic) bond motifs is 1. The average Bonchev–Trinajstić information content (AvgIpc) is 2.71. The van der Waals surface area contributed by atoms with Crippen molar-refractivity contribution in [2.45, 2.75) is 13.3 Å². The van der Waals surface area contributed by atoms with Gasteiger partial charge in [0.15, 0.2) is 0 Å². The molecular weight excluding hydrogens is 424 g/mol. The van der Waals surface area contributed by atoms with Gasteiger partial charge in [-0.05, 0) is 36.2 Å². The lowest BCUT2D eigenvalue weighted by Gasteiger charge is -2.12. The maximum atomic E-state index is 12.6. The number of hydrogen-bond acceptors (Lipinski definition) is 7. The van der Waals surface area contributed by atoms with Crippen LogP contribution in [0.25, 0.3) is 11.1 Å². The molecule has 0 spiro atoms. The maximum absolute atomic E-state index is 12.6. The summed E-state index contributed by atoms with van der Waals surface area (Å²) in [6, 6.07) is 9.90. The molecule has 1 aromatic carbocycles. The van der Waals surface area contributed by atoms with E-state index in [4.69, 9.17) is 9.15 Å². The van der Waals surface area contributed by atoms with E-state index < -0.39 is 21.9 Å². The van der Waals surface area contributed by atoms with Crippen LogP contribution in [0.15, 0.2) is 45.6 Å². The number of nitrogens with one attached hydrogen (secondary N) is 2. The summed E-state index contributed by atoms with van der Waals surface area (Å²) >= 11 is 0. The lowest BCUT2D eigenvalue weighted by molar-refractivity contribution is 0.170. The van der Waals surface area contributed by atoms with Crippen LogP contribution in [0, 0.1) is 6.92 Å². The number of benzene rings is 1. The summed E-state index contributed by atoms with van der Waals surface area (Å²) in [6.45, 7) is 1.77. The molecule has 1 amide bonds. The average molecular weight is 446 g/mol. The van der Waals surface area contributed by atoms with Crippen LogP contribution in [-0.4, -0.2) is 45.5 Å². The first-order valence-corrected chi connectivity index (χ1v) is 10.7. The van der Waals surface area contributed by atoms with E-state index in [0.717, 1.165) is 5.56 Å². The van der Waals surface area contributed by atoms with Crippen LogP contribution < -0.4 is 19.8 Å². The number of pyridine rings is 1. The zero-order valence-electron chi connectivity index (χ0n) is 17.4. The Hall–Kier alpha value is -3.44. The van der Waals surface area contributed by atoms with Gasteiger partial charge in [0.05, 0.1) is 5.69 Å². The summed E-state index contributed by atoms with van der Waals surface area (Å²) in [5.74, 6) is 0.0195. The van der Waals surface area contributed by atoms with Crippen LogP contribution >= 0.6 is 0 Å². The van der Waals surface area contributed by atoms with Gasteiger partial charge in [0.25, 0.3) is 10.2 Å². The van der Waals surface area contributed by atoms with Gasteiger partial charge < -0.3 is 14.1 Å². The second-order valence-corrected chi connectivity index (χ2v) is 8.56. The van der Waals surface area contributed by atoms with Crippen LogP contribution in [0.3, 0.4) is 0 Å². The van der Waals surface area contributed by atoms with E-state index in [-0.39, 0.29) is 18.0 Å². The van der Waals surface area contributed by atoms with E-state index in [1.165, 1.54) is 18.0 Å². The van der Waals surface area contributed by atoms with E-state index in [0.29, 0.717) is 22.2 Å². The summed E-state index contributed by atoms with van der Waals surface area (Å²) in [5, 5.41) is 0.603. The Morgan fingerprint density at radius 3 is 2.65 bits per heavy atom. The first kappa shape index (κ1) is 22.2. The van der Waals surface area contributed by atoms with Gasteiger partial charge in [-0.25, -0.2) is 14.3 Å². The molecule has 3 aromatic rings. The van der Waals surface area contributed by atoms with Crippen molar-refractivity contribution in [3.05, 3.63) is 63.5 Å². The van der Waals surface area contributed by atoms with Crippen LogP contribution in [0.4, 0.5) is 10.5 Å². The second-order valence-electron chi connectivity index (χ2n) is 6.94. The van der Waals surface area contributed by atoms with Crippen molar-refractivity contribution >= 4 is 33.1 Å². The first-order chi connectivity index (χ1) is 14.6. The molecule has 0 radical (unpaired) electrons. The Balaban J connectivity index is 1.93. The minimum absolute atomic E-state index is 0.0195. The van der Waals surface area contributed by atoms with Crippen LogP contribution in [0.1, 0.15) is 16.7 Å². The van der Waals surface area contributed by atoms with Crippen molar-refractivity contribution in [3.63, 3.8) is 0 Å². The number of amides is 1. The quantitative estimate of drug-likeness (QED) is 0.592. The molecule has 0 saturated carbocycles. The number of anilines is 1. The maximum Gasteiger partial charge on any atom is 0.416 e. The molecule has 31 heavy (non-hydrogen) atoms. The number of ether oxygens (including phenoxy) is 1. The molecule has 0 aliphatic rings. The van der Waals surface area contributed by atoms with Gasteiger partial charge >= 0.3 is 11.7 Å². The van der Waals surface area contributed by atoms with Crippen molar-refractivity contribution < 1.29 is 22.4 Å². The third-order valence-corrected chi connectivity index (χ3v) is 5.55. The van der Waals surface area contributed by atoms with Crippen molar-refractivity contribution in [1.29, 1.82) is 0 Å². The zero-order valence-corrected chi connectivity index (χ0v) is 18.2. The van der Waals surface area contributed by atoms with E-state index >= 15 is 0 Å². The molecule has 10 nitrogen and oxygen atoms in total. The number of carbonyl (C=O) groups is 1. The highest BCUT2D eigenvalue weighted by Gasteiger charge is 2.16. The molecule has 0 unspecified atom stereocenters. The monoisotopic (exact) mass is 446 g/mol. The van der Waals surface area contributed by atoms with Gasteiger partial charge in [0.1, 0.15) is 0 Å². The van der Waals surface area contributed by atoms with Gasteiger partial charge in [0.2, 0.25) is 11.6 Å². The number of rotatable bonds is 6. The predicted octanol–water partition coefficient (Wildman–Crippen LogP) is 2.02. The molecule has 164 valence electrons. The summed E-state index contributed by atoms with van der Waals surface area (Å²) in [4.78, 5) is 29.7. The van der Waals surface area contributed by atoms with Gasteiger partial charge in [-0.1, -0.05) is 12.1 Å². The summed E-state index contributed by atoms with van der Waals surface area (Å²) in [5.41, 5.74) is 1.66. The molecule has 3 rings (SSSR count).